The first-order valence-electron chi connectivity index (χ1n) is 6.34. The Labute approximate surface area is 128 Å². The molecular formula is C14H10N4O3S. The molecule has 0 saturated carbocycles. The molecule has 2 aromatic heterocycles. The van der Waals surface area contributed by atoms with Crippen LogP contribution in [0.2, 0.25) is 0 Å². The summed E-state index contributed by atoms with van der Waals surface area (Å²) in [6.07, 6.45) is 1.64. The first kappa shape index (κ1) is 14.2. The number of carbonyl (C=O) groups excluding carboxylic acids is 1. The summed E-state index contributed by atoms with van der Waals surface area (Å²) in [7, 11) is 0. The molecule has 0 bridgehead atoms. The summed E-state index contributed by atoms with van der Waals surface area (Å²) >= 11 is 1.24. The van der Waals surface area contributed by atoms with Gasteiger partial charge in [0.05, 0.1) is 16.2 Å². The van der Waals surface area contributed by atoms with Crippen LogP contribution >= 0.6 is 11.8 Å². The Morgan fingerprint density at radius 2 is 2.18 bits per heavy atom. The second kappa shape index (κ2) is 5.94. The fraction of sp³-hybridized carbons (Fsp3) is 0.0714. The lowest BCUT2D eigenvalue weighted by molar-refractivity contribution is -0.384. The number of aromatic nitrogens is 3. The Hall–Kier alpha value is -2.74. The number of nitro groups is 1. The summed E-state index contributed by atoms with van der Waals surface area (Å²) in [4.78, 5) is 33.7. The van der Waals surface area contributed by atoms with Gasteiger partial charge in [-0.05, 0) is 12.1 Å². The van der Waals surface area contributed by atoms with Crippen molar-refractivity contribution in [1.29, 1.82) is 0 Å². The number of nitrogens with one attached hydrogen (secondary N) is 1. The Bertz CT molecular complexity index is 829. The predicted molar refractivity (Wildman–Crippen MR) is 82.0 cm³/mol. The number of rotatable bonds is 5. The van der Waals surface area contributed by atoms with Crippen molar-refractivity contribution < 1.29 is 9.72 Å². The maximum absolute atomic E-state index is 12.1. The number of H-pyrrole nitrogens is 1. The molecule has 0 aliphatic rings. The number of ketones is 1. The van der Waals surface area contributed by atoms with Gasteiger partial charge in [-0.2, -0.15) is 0 Å². The van der Waals surface area contributed by atoms with Crippen LogP contribution < -0.4 is 0 Å². The summed E-state index contributed by atoms with van der Waals surface area (Å²) < 4.78 is 0. The zero-order valence-corrected chi connectivity index (χ0v) is 12.0. The second-order valence-electron chi connectivity index (χ2n) is 4.44. The van der Waals surface area contributed by atoms with Gasteiger partial charge < -0.3 is 4.98 Å². The molecule has 0 fully saturated rings. The van der Waals surface area contributed by atoms with Crippen molar-refractivity contribution in [3.63, 3.8) is 0 Å². The number of Topliss-reactive ketones (excluding diaryl/α,β-unsaturated/α-hetero) is 1. The van der Waals surface area contributed by atoms with Crippen molar-refractivity contribution in [2.45, 2.75) is 5.16 Å². The van der Waals surface area contributed by atoms with Crippen molar-refractivity contribution >= 4 is 34.4 Å². The number of nitrogens with zero attached hydrogens (tertiary/aromatic N) is 3. The van der Waals surface area contributed by atoms with E-state index in [0.717, 1.165) is 5.52 Å². The van der Waals surface area contributed by atoms with Crippen molar-refractivity contribution in [3.8, 4) is 0 Å². The minimum Gasteiger partial charge on any atom is -0.332 e. The predicted octanol–water partition coefficient (Wildman–Crippen LogP) is 2.84. The van der Waals surface area contributed by atoms with Gasteiger partial charge in [-0.1, -0.05) is 23.9 Å². The van der Waals surface area contributed by atoms with E-state index in [0.29, 0.717) is 16.4 Å². The van der Waals surface area contributed by atoms with Crippen LogP contribution in [0.1, 0.15) is 10.4 Å². The topological polar surface area (TPSA) is 102 Å². The van der Waals surface area contributed by atoms with Gasteiger partial charge in [0.2, 0.25) is 0 Å². The highest BCUT2D eigenvalue weighted by atomic mass is 32.2. The second-order valence-corrected chi connectivity index (χ2v) is 5.40. The van der Waals surface area contributed by atoms with E-state index in [2.05, 4.69) is 15.0 Å². The van der Waals surface area contributed by atoms with Gasteiger partial charge in [0, 0.05) is 23.9 Å². The summed E-state index contributed by atoms with van der Waals surface area (Å²) in [6.45, 7) is 0. The molecule has 7 nitrogen and oxygen atoms in total. The third-order valence-electron chi connectivity index (χ3n) is 2.95. The maximum Gasteiger partial charge on any atom is 0.270 e. The van der Waals surface area contributed by atoms with Gasteiger partial charge in [0.25, 0.3) is 5.69 Å². The molecule has 2 heterocycles. The lowest BCUT2D eigenvalue weighted by Crippen LogP contribution is -2.03. The van der Waals surface area contributed by atoms with Gasteiger partial charge in [-0.25, -0.2) is 9.97 Å². The molecule has 3 aromatic rings. The zero-order chi connectivity index (χ0) is 15.5. The summed E-state index contributed by atoms with van der Waals surface area (Å²) in [5.41, 5.74) is 1.61. The van der Waals surface area contributed by atoms with Crippen LogP contribution in [0.25, 0.3) is 11.2 Å². The molecule has 22 heavy (non-hydrogen) atoms. The maximum atomic E-state index is 12.1. The van der Waals surface area contributed by atoms with E-state index in [1.165, 1.54) is 30.0 Å². The highest BCUT2D eigenvalue weighted by molar-refractivity contribution is 7.99. The zero-order valence-electron chi connectivity index (χ0n) is 11.2. The SMILES string of the molecule is O=C(CSc1nc2ncccc2[nH]1)c1cccc([N+](=O)[O-])c1. The standard InChI is InChI=1S/C14H10N4O3S/c19-12(9-3-1-4-10(7-9)18(20)21)8-22-14-16-11-5-2-6-15-13(11)17-14/h1-7H,8H2,(H,15,16,17). The van der Waals surface area contributed by atoms with E-state index in [9.17, 15) is 14.9 Å². The first-order valence-corrected chi connectivity index (χ1v) is 7.33. The molecule has 0 aliphatic heterocycles. The number of thioether (sulfide) groups is 1. The van der Waals surface area contributed by atoms with E-state index >= 15 is 0 Å². The van der Waals surface area contributed by atoms with Crippen molar-refractivity contribution in [2.24, 2.45) is 0 Å². The number of hydrogen-bond donors (Lipinski definition) is 1. The third-order valence-corrected chi connectivity index (χ3v) is 3.83. The molecular weight excluding hydrogens is 304 g/mol. The highest BCUT2D eigenvalue weighted by Crippen LogP contribution is 2.20. The van der Waals surface area contributed by atoms with Crippen LogP contribution in [0.3, 0.4) is 0 Å². The van der Waals surface area contributed by atoms with E-state index in [4.69, 9.17) is 0 Å². The molecule has 0 amide bonds. The minimum absolute atomic E-state index is 0.0937. The van der Waals surface area contributed by atoms with Gasteiger partial charge in [0.15, 0.2) is 16.6 Å². The smallest absolute Gasteiger partial charge is 0.270 e. The van der Waals surface area contributed by atoms with E-state index < -0.39 is 4.92 Å². The number of nitro benzene ring substituents is 1. The normalized spacial score (nSPS) is 10.7. The number of benzene rings is 1. The summed E-state index contributed by atoms with van der Waals surface area (Å²) in [6, 6.07) is 9.35. The van der Waals surface area contributed by atoms with E-state index in [1.54, 1.807) is 18.3 Å². The van der Waals surface area contributed by atoms with Crippen LogP contribution in [-0.2, 0) is 0 Å². The highest BCUT2D eigenvalue weighted by Gasteiger charge is 2.13. The quantitative estimate of drug-likeness (QED) is 0.336. The van der Waals surface area contributed by atoms with Crippen molar-refractivity contribution in [1.82, 2.24) is 15.0 Å². The van der Waals surface area contributed by atoms with Gasteiger partial charge in [-0.3, -0.25) is 14.9 Å². The summed E-state index contributed by atoms with van der Waals surface area (Å²) in [5.74, 6) is -0.0526. The first-order chi connectivity index (χ1) is 10.6. The van der Waals surface area contributed by atoms with Crippen LogP contribution in [0.15, 0.2) is 47.8 Å². The molecule has 1 aromatic carbocycles. The number of hydrogen-bond acceptors (Lipinski definition) is 6. The van der Waals surface area contributed by atoms with Gasteiger partial charge in [-0.15, -0.1) is 0 Å². The number of fused-ring (bicyclic) bond motifs is 1. The van der Waals surface area contributed by atoms with Crippen molar-refractivity contribution in [2.75, 3.05) is 5.75 Å². The molecule has 8 heteroatoms. The molecule has 3 rings (SSSR count). The van der Waals surface area contributed by atoms with Gasteiger partial charge in [0.1, 0.15) is 0 Å². The van der Waals surface area contributed by atoms with Crippen LogP contribution in [0.5, 0.6) is 0 Å². The monoisotopic (exact) mass is 314 g/mol. The molecule has 110 valence electrons. The Morgan fingerprint density at radius 1 is 1.32 bits per heavy atom. The fourth-order valence-corrected chi connectivity index (χ4v) is 2.67. The Kier molecular flexibility index (Phi) is 3.84. The van der Waals surface area contributed by atoms with Crippen LogP contribution in [0, 0.1) is 10.1 Å². The fourth-order valence-electron chi connectivity index (χ4n) is 1.90. The van der Waals surface area contributed by atoms with E-state index in [-0.39, 0.29) is 17.2 Å². The molecule has 1 N–H and O–H groups in total. The molecule has 0 radical (unpaired) electrons. The lowest BCUT2D eigenvalue weighted by atomic mass is 10.1. The molecule has 0 atom stereocenters. The average Bonchev–Trinajstić information content (AvgIpc) is 2.95. The minimum atomic E-state index is -0.519. The van der Waals surface area contributed by atoms with Crippen LogP contribution in [0.4, 0.5) is 5.69 Å². The van der Waals surface area contributed by atoms with Gasteiger partial charge >= 0.3 is 0 Å². The molecule has 0 aliphatic carbocycles. The van der Waals surface area contributed by atoms with Crippen LogP contribution in [-0.4, -0.2) is 31.4 Å². The Morgan fingerprint density at radius 3 is 2.95 bits per heavy atom. The third kappa shape index (κ3) is 2.96. The number of aromatic amines is 1. The van der Waals surface area contributed by atoms with Crippen molar-refractivity contribution in [3.05, 3.63) is 58.3 Å². The number of pyridine rings is 1. The molecule has 0 spiro atoms. The summed E-state index contributed by atoms with van der Waals surface area (Å²) in [5, 5.41) is 11.3. The molecule has 0 saturated heterocycles. The Balaban J connectivity index is 1.71. The largest absolute Gasteiger partial charge is 0.332 e. The number of imidazole rings is 1. The van der Waals surface area contributed by atoms with E-state index in [1.807, 2.05) is 6.07 Å². The lowest BCUT2D eigenvalue weighted by Gasteiger charge is -1.99. The average molecular weight is 314 g/mol. The molecule has 0 unspecified atom stereocenters. The number of carbonyl (C=O) groups is 1. The number of non-ortho nitro benzene ring substituents is 1.